The number of amidine groups is 1. The van der Waals surface area contributed by atoms with E-state index in [0.717, 1.165) is 0 Å². The topological polar surface area (TPSA) is 171 Å². The standard InChI is InChI=1S/C10H12N5O7P.Na/c11-10-13-7-4(8(17)14-10)12-2-15(7)9-5(16)6-3(21-9)1-20-23(18,19)22-6;/h2-6,9,16H,1H2,(H,18,19)(H2,11,14,17);/q;+1/p-1. The van der Waals surface area contributed by atoms with Crippen molar-refractivity contribution < 1.29 is 62.7 Å². The summed E-state index contributed by atoms with van der Waals surface area (Å²) in [6, 6.07) is -0.955. The van der Waals surface area contributed by atoms with Gasteiger partial charge in [-0.15, -0.1) is 0 Å². The molecule has 0 bridgehead atoms. The Hall–Kier alpha value is -0.690. The number of nitrogens with zero attached hydrogens (tertiary/aromatic N) is 4. The van der Waals surface area contributed by atoms with Gasteiger partial charge in [0.25, 0.3) is 13.7 Å². The maximum absolute atomic E-state index is 11.7. The Kier molecular flexibility index (Phi) is 4.71. The van der Waals surface area contributed by atoms with Crippen LogP contribution in [0.15, 0.2) is 15.0 Å². The second kappa shape index (κ2) is 6.24. The molecule has 0 aromatic rings. The Morgan fingerprint density at radius 1 is 1.46 bits per heavy atom. The van der Waals surface area contributed by atoms with Crippen LogP contribution in [0.3, 0.4) is 0 Å². The SMILES string of the molecule is NC1=NC(=O)C2N=CN(C3OC4COP(=O)([O-])OC4C3O)C2=N1.[Na+]. The number of phosphoric ester groups is 1. The van der Waals surface area contributed by atoms with Gasteiger partial charge in [0.2, 0.25) is 5.96 Å². The number of guanidine groups is 1. The number of aliphatic hydroxyl groups is 1. The smallest absolute Gasteiger partial charge is 0.756 e. The first kappa shape index (κ1) is 18.1. The van der Waals surface area contributed by atoms with Gasteiger partial charge in [-0.25, -0.2) is 0 Å². The van der Waals surface area contributed by atoms with E-state index >= 15 is 0 Å². The van der Waals surface area contributed by atoms with Gasteiger partial charge < -0.3 is 29.5 Å². The quantitative estimate of drug-likeness (QED) is 0.338. The van der Waals surface area contributed by atoms with Crippen LogP contribution in [0, 0.1) is 0 Å². The second-order valence-electron chi connectivity index (χ2n) is 5.22. The molecule has 14 heteroatoms. The Morgan fingerprint density at radius 2 is 2.21 bits per heavy atom. The summed E-state index contributed by atoms with van der Waals surface area (Å²) in [6.07, 6.45) is -3.01. The molecule has 0 aromatic carbocycles. The summed E-state index contributed by atoms with van der Waals surface area (Å²) in [5.74, 6) is -0.665. The zero-order valence-corrected chi connectivity index (χ0v) is 15.3. The molecule has 2 saturated heterocycles. The maximum atomic E-state index is 11.7. The molecule has 0 spiro atoms. The van der Waals surface area contributed by atoms with Crippen LogP contribution in [0.5, 0.6) is 0 Å². The fourth-order valence-corrected chi connectivity index (χ4v) is 3.72. The molecule has 4 rings (SSSR count). The maximum Gasteiger partial charge on any atom is 1.00 e. The number of aliphatic imine (C=N–C) groups is 3. The van der Waals surface area contributed by atoms with Gasteiger partial charge in [-0.3, -0.25) is 19.3 Å². The van der Waals surface area contributed by atoms with Crippen LogP contribution in [0.25, 0.3) is 0 Å². The molecular formula is C10H11N5NaO7P. The van der Waals surface area contributed by atoms with Crippen LogP contribution in [0.1, 0.15) is 0 Å². The average Bonchev–Trinajstić information content (AvgIpc) is 3.00. The molecule has 0 aromatic heterocycles. The number of hydrogen-bond donors (Lipinski definition) is 2. The van der Waals surface area contributed by atoms with E-state index in [-0.39, 0.29) is 48.0 Å². The average molecular weight is 367 g/mol. The van der Waals surface area contributed by atoms with E-state index in [1.807, 2.05) is 0 Å². The number of carbonyl (C=O) groups is 1. The summed E-state index contributed by atoms with van der Waals surface area (Å²) in [5, 5.41) is 10.3. The molecule has 0 aliphatic carbocycles. The van der Waals surface area contributed by atoms with Crippen LogP contribution in [0.2, 0.25) is 0 Å². The third-order valence-corrected chi connectivity index (χ3v) is 4.74. The van der Waals surface area contributed by atoms with Gasteiger partial charge in [0.15, 0.2) is 18.1 Å². The Balaban J connectivity index is 0.00000169. The predicted octanol–water partition coefficient (Wildman–Crippen LogP) is -6.07. The summed E-state index contributed by atoms with van der Waals surface area (Å²) in [5.41, 5.74) is 5.46. The third-order valence-electron chi connectivity index (χ3n) is 3.77. The predicted molar refractivity (Wildman–Crippen MR) is 71.3 cm³/mol. The molecule has 3 N–H and O–H groups in total. The van der Waals surface area contributed by atoms with E-state index in [2.05, 4.69) is 19.5 Å². The van der Waals surface area contributed by atoms with Crippen molar-refractivity contribution >= 4 is 31.9 Å². The Bertz CT molecular complexity index is 714. The Morgan fingerprint density at radius 3 is 2.96 bits per heavy atom. The van der Waals surface area contributed by atoms with Crippen LogP contribution < -0.4 is 40.2 Å². The van der Waals surface area contributed by atoms with E-state index in [1.165, 1.54) is 11.2 Å². The first-order valence-electron chi connectivity index (χ1n) is 6.61. The van der Waals surface area contributed by atoms with E-state index in [4.69, 9.17) is 15.0 Å². The Labute approximate surface area is 157 Å². The van der Waals surface area contributed by atoms with Crippen molar-refractivity contribution in [3.63, 3.8) is 0 Å². The summed E-state index contributed by atoms with van der Waals surface area (Å²) in [7, 11) is -4.47. The summed E-state index contributed by atoms with van der Waals surface area (Å²) < 4.78 is 26.2. The molecule has 6 unspecified atom stereocenters. The molecule has 124 valence electrons. The van der Waals surface area contributed by atoms with Crippen LogP contribution in [-0.2, 0) is 23.1 Å². The van der Waals surface area contributed by atoms with Crippen molar-refractivity contribution in [2.45, 2.75) is 30.6 Å². The minimum absolute atomic E-state index is 0. The van der Waals surface area contributed by atoms with Crippen LogP contribution in [0.4, 0.5) is 0 Å². The van der Waals surface area contributed by atoms with E-state index < -0.39 is 44.3 Å². The number of ether oxygens (including phenoxy) is 1. The minimum Gasteiger partial charge on any atom is -0.756 e. The number of carbonyl (C=O) groups excluding carboxylic acids is 1. The molecule has 4 aliphatic heterocycles. The first-order valence-corrected chi connectivity index (χ1v) is 8.07. The zero-order chi connectivity index (χ0) is 16.4. The molecule has 24 heavy (non-hydrogen) atoms. The van der Waals surface area contributed by atoms with Crippen molar-refractivity contribution in [3.05, 3.63) is 0 Å². The van der Waals surface area contributed by atoms with Crippen molar-refractivity contribution in [2.24, 2.45) is 20.7 Å². The fraction of sp³-hybridized carbons (Fsp3) is 0.600. The molecule has 0 saturated carbocycles. The molecular weight excluding hydrogens is 356 g/mol. The van der Waals surface area contributed by atoms with Gasteiger partial charge in [0.05, 0.1) is 12.9 Å². The summed E-state index contributed by atoms with van der Waals surface area (Å²) in [4.78, 5) is 35.8. The van der Waals surface area contributed by atoms with Crippen LogP contribution in [-0.4, -0.2) is 71.2 Å². The van der Waals surface area contributed by atoms with E-state index in [9.17, 15) is 19.4 Å². The monoisotopic (exact) mass is 367 g/mol. The van der Waals surface area contributed by atoms with Gasteiger partial charge in [-0.1, -0.05) is 0 Å². The summed E-state index contributed by atoms with van der Waals surface area (Å²) in [6.45, 7) is -0.275. The fourth-order valence-electron chi connectivity index (χ4n) is 2.77. The van der Waals surface area contributed by atoms with Gasteiger partial charge in [0.1, 0.15) is 18.3 Å². The molecule has 2 fully saturated rings. The summed E-state index contributed by atoms with van der Waals surface area (Å²) >= 11 is 0. The van der Waals surface area contributed by atoms with Crippen molar-refractivity contribution in [1.82, 2.24) is 4.90 Å². The number of amides is 1. The number of phosphoric acid groups is 1. The molecule has 0 radical (unpaired) electrons. The normalized spacial score (nSPS) is 43.7. The van der Waals surface area contributed by atoms with Crippen molar-refractivity contribution in [1.29, 1.82) is 0 Å². The number of aliphatic hydroxyl groups excluding tert-OH is 1. The van der Waals surface area contributed by atoms with Crippen molar-refractivity contribution in [3.8, 4) is 0 Å². The van der Waals surface area contributed by atoms with Gasteiger partial charge in [-0.2, -0.15) is 9.98 Å². The number of hydrogen-bond acceptors (Lipinski definition) is 11. The van der Waals surface area contributed by atoms with Crippen molar-refractivity contribution in [2.75, 3.05) is 6.61 Å². The third kappa shape index (κ3) is 2.87. The number of fused-ring (bicyclic) bond motifs is 2. The minimum atomic E-state index is -4.47. The zero-order valence-electron chi connectivity index (χ0n) is 12.4. The van der Waals surface area contributed by atoms with Gasteiger partial charge in [0, 0.05) is 0 Å². The molecule has 6 atom stereocenters. The molecule has 4 aliphatic rings. The molecule has 4 heterocycles. The second-order valence-corrected chi connectivity index (χ2v) is 6.58. The molecule has 1 amide bonds. The first-order chi connectivity index (χ1) is 10.9. The van der Waals surface area contributed by atoms with Crippen LogP contribution >= 0.6 is 7.82 Å². The van der Waals surface area contributed by atoms with E-state index in [1.54, 1.807) is 0 Å². The van der Waals surface area contributed by atoms with Gasteiger partial charge >= 0.3 is 29.6 Å². The van der Waals surface area contributed by atoms with E-state index in [0.29, 0.717) is 0 Å². The molecule has 12 nitrogen and oxygen atoms in total. The number of nitrogens with two attached hydrogens (primary N) is 1. The number of rotatable bonds is 1. The van der Waals surface area contributed by atoms with Gasteiger partial charge in [-0.05, 0) is 0 Å². The largest absolute Gasteiger partial charge is 1.00 e.